The molecule has 0 aliphatic rings. The number of hydrogen-bond donors (Lipinski definition) is 1. The minimum atomic E-state index is -1.07. The Morgan fingerprint density at radius 2 is 1.82 bits per heavy atom. The summed E-state index contributed by atoms with van der Waals surface area (Å²) in [5, 5.41) is 9.39. The first-order valence-corrected chi connectivity index (χ1v) is 13.2. The molecular weight excluding hydrogens is 584 g/mol. The fraction of sp³-hybridized carbons (Fsp3) is 0.167. The lowest BCUT2D eigenvalue weighted by Crippen LogP contribution is -2.10. The first-order valence-electron chi connectivity index (χ1n) is 12.4. The molecule has 2 aromatic heterocycles. The number of methoxy groups -OCH3 is 1. The van der Waals surface area contributed by atoms with E-state index in [1.165, 1.54) is 12.1 Å². The van der Waals surface area contributed by atoms with E-state index >= 15 is 8.78 Å². The molecule has 0 spiro atoms. The molecule has 0 aliphatic heterocycles. The van der Waals surface area contributed by atoms with Crippen LogP contribution in [0.1, 0.15) is 27.3 Å². The van der Waals surface area contributed by atoms with Crippen LogP contribution in [0.2, 0.25) is 0 Å². The van der Waals surface area contributed by atoms with E-state index in [9.17, 15) is 9.90 Å². The molecule has 2 heterocycles. The van der Waals surface area contributed by atoms with Gasteiger partial charge in [-0.2, -0.15) is 0 Å². The average Bonchev–Trinajstić information content (AvgIpc) is 3.28. The number of fused-ring (bicyclic) bond motifs is 1. The first-order chi connectivity index (χ1) is 19.3. The summed E-state index contributed by atoms with van der Waals surface area (Å²) in [6, 6.07) is 19.4. The van der Waals surface area contributed by atoms with Crippen LogP contribution in [0.25, 0.3) is 22.3 Å². The number of aromatic nitrogens is 3. The second-order valence-corrected chi connectivity index (χ2v) is 9.98. The maximum Gasteiger partial charge on any atom is 0.335 e. The van der Waals surface area contributed by atoms with E-state index in [1.54, 1.807) is 35.9 Å². The van der Waals surface area contributed by atoms with Gasteiger partial charge in [0.15, 0.2) is 0 Å². The Morgan fingerprint density at radius 3 is 2.60 bits per heavy atom. The second-order valence-electron chi connectivity index (χ2n) is 9.06. The van der Waals surface area contributed by atoms with Crippen LogP contribution in [0.15, 0.2) is 77.3 Å². The number of carboxylic acid groups (broad SMARTS) is 1. The smallest absolute Gasteiger partial charge is 0.335 e. The van der Waals surface area contributed by atoms with Crippen molar-refractivity contribution in [2.45, 2.75) is 19.6 Å². The molecule has 1 N–H and O–H groups in total. The van der Waals surface area contributed by atoms with Crippen LogP contribution in [0.4, 0.5) is 8.78 Å². The highest BCUT2D eigenvalue weighted by Gasteiger charge is 2.18. The number of imidazole rings is 1. The van der Waals surface area contributed by atoms with Gasteiger partial charge in [-0.15, -0.1) is 0 Å². The van der Waals surface area contributed by atoms with Gasteiger partial charge in [-0.25, -0.2) is 23.5 Å². The van der Waals surface area contributed by atoms with E-state index in [0.29, 0.717) is 30.0 Å². The van der Waals surface area contributed by atoms with E-state index < -0.39 is 17.6 Å². The SMILES string of the molecule is COCCn1c(Cc2cc(F)c(-c3cccc(OCc4cccc(Br)c4)n3)cc2F)nc2ccc(C(=O)O)cc21. The van der Waals surface area contributed by atoms with E-state index in [1.807, 2.05) is 24.3 Å². The average molecular weight is 608 g/mol. The minimum absolute atomic E-state index is 0.00690. The Kier molecular flexibility index (Phi) is 8.18. The minimum Gasteiger partial charge on any atom is -0.478 e. The molecule has 5 rings (SSSR count). The summed E-state index contributed by atoms with van der Waals surface area (Å²) in [5.41, 5.74) is 2.52. The van der Waals surface area contributed by atoms with Crippen LogP contribution in [0.3, 0.4) is 0 Å². The molecule has 0 saturated carbocycles. The summed E-state index contributed by atoms with van der Waals surface area (Å²) in [6.07, 6.45) is -0.00690. The molecule has 0 unspecified atom stereocenters. The van der Waals surface area contributed by atoms with Crippen LogP contribution >= 0.6 is 15.9 Å². The zero-order valence-corrected chi connectivity index (χ0v) is 23.0. The Bertz CT molecular complexity index is 1710. The number of nitrogens with zero attached hydrogens (tertiary/aromatic N) is 3. The molecule has 5 aromatic rings. The van der Waals surface area contributed by atoms with Gasteiger partial charge >= 0.3 is 5.97 Å². The molecule has 0 bridgehead atoms. The zero-order chi connectivity index (χ0) is 28.2. The van der Waals surface area contributed by atoms with Gasteiger partial charge in [-0.1, -0.05) is 34.1 Å². The van der Waals surface area contributed by atoms with Crippen molar-refractivity contribution >= 4 is 32.9 Å². The lowest BCUT2D eigenvalue weighted by Gasteiger charge is -2.12. The number of carbonyl (C=O) groups is 1. The summed E-state index contributed by atoms with van der Waals surface area (Å²) < 4.78 is 44.3. The van der Waals surface area contributed by atoms with Crippen molar-refractivity contribution in [2.75, 3.05) is 13.7 Å². The fourth-order valence-corrected chi connectivity index (χ4v) is 4.84. The topological polar surface area (TPSA) is 86.5 Å². The number of halogens is 3. The van der Waals surface area contributed by atoms with Crippen molar-refractivity contribution < 1.29 is 28.2 Å². The van der Waals surface area contributed by atoms with Crippen molar-refractivity contribution in [1.82, 2.24) is 14.5 Å². The van der Waals surface area contributed by atoms with E-state index in [-0.39, 0.29) is 41.3 Å². The van der Waals surface area contributed by atoms with Crippen LogP contribution < -0.4 is 4.74 Å². The molecule has 7 nitrogen and oxygen atoms in total. The van der Waals surface area contributed by atoms with Crippen molar-refractivity contribution in [3.63, 3.8) is 0 Å². The van der Waals surface area contributed by atoms with Gasteiger partial charge in [0.2, 0.25) is 5.88 Å². The summed E-state index contributed by atoms with van der Waals surface area (Å²) in [7, 11) is 1.55. The third-order valence-electron chi connectivity index (χ3n) is 6.35. The quantitative estimate of drug-likeness (QED) is 0.191. The number of carboxylic acids is 1. The first kappa shape index (κ1) is 27.4. The number of benzene rings is 3. The predicted octanol–water partition coefficient (Wildman–Crippen LogP) is 6.65. The summed E-state index contributed by atoms with van der Waals surface area (Å²) >= 11 is 3.42. The molecule has 40 heavy (non-hydrogen) atoms. The van der Waals surface area contributed by atoms with E-state index in [2.05, 4.69) is 25.9 Å². The molecule has 0 fully saturated rings. The van der Waals surface area contributed by atoms with Gasteiger partial charge < -0.3 is 19.1 Å². The van der Waals surface area contributed by atoms with Gasteiger partial charge in [0.25, 0.3) is 0 Å². The molecule has 0 atom stereocenters. The number of aromatic carboxylic acids is 1. The maximum atomic E-state index is 15.3. The van der Waals surface area contributed by atoms with Crippen molar-refractivity contribution in [3.05, 3.63) is 111 Å². The molecule has 0 amide bonds. The third-order valence-corrected chi connectivity index (χ3v) is 6.85. The van der Waals surface area contributed by atoms with Crippen LogP contribution in [-0.4, -0.2) is 39.3 Å². The highest BCUT2D eigenvalue weighted by Crippen LogP contribution is 2.28. The van der Waals surface area contributed by atoms with Gasteiger partial charge in [0, 0.05) is 36.2 Å². The van der Waals surface area contributed by atoms with Gasteiger partial charge in [0.1, 0.15) is 24.1 Å². The van der Waals surface area contributed by atoms with Crippen LogP contribution in [-0.2, 0) is 24.3 Å². The van der Waals surface area contributed by atoms with Crippen molar-refractivity contribution in [3.8, 4) is 17.1 Å². The Morgan fingerprint density at radius 1 is 1.00 bits per heavy atom. The number of ether oxygens (including phenoxy) is 2. The third kappa shape index (κ3) is 6.03. The molecule has 0 radical (unpaired) electrons. The lowest BCUT2D eigenvalue weighted by atomic mass is 10.0. The maximum absolute atomic E-state index is 15.3. The van der Waals surface area contributed by atoms with E-state index in [0.717, 1.165) is 22.2 Å². The summed E-state index contributed by atoms with van der Waals surface area (Å²) in [5.74, 6) is -1.57. The normalized spacial score (nSPS) is 11.2. The van der Waals surface area contributed by atoms with Gasteiger partial charge in [-0.3, -0.25) is 0 Å². The lowest BCUT2D eigenvalue weighted by molar-refractivity contribution is 0.0697. The Hall–Kier alpha value is -4.15. The Balaban J connectivity index is 1.42. The zero-order valence-electron chi connectivity index (χ0n) is 21.4. The number of hydrogen-bond acceptors (Lipinski definition) is 5. The molecule has 0 saturated heterocycles. The Labute approximate surface area is 237 Å². The molecule has 204 valence electrons. The molecular formula is C30H24BrF2N3O4. The molecule has 0 aliphatic carbocycles. The highest BCUT2D eigenvalue weighted by atomic mass is 79.9. The fourth-order valence-electron chi connectivity index (χ4n) is 4.39. The standard InChI is InChI=1S/C30H24BrF2N3O4/c1-39-11-10-36-27-14-19(30(37)38)8-9-26(27)34-28(36)15-20-13-24(33)22(16-23(20)32)25-6-3-7-29(35-25)40-17-18-4-2-5-21(31)12-18/h2-9,12-14,16H,10-11,15,17H2,1H3,(H,37,38). The van der Waals surface area contributed by atoms with Gasteiger partial charge in [-0.05, 0) is 59.7 Å². The van der Waals surface area contributed by atoms with Crippen molar-refractivity contribution in [2.24, 2.45) is 0 Å². The monoisotopic (exact) mass is 607 g/mol. The highest BCUT2D eigenvalue weighted by molar-refractivity contribution is 9.10. The largest absolute Gasteiger partial charge is 0.478 e. The number of pyridine rings is 1. The van der Waals surface area contributed by atoms with Crippen LogP contribution in [0.5, 0.6) is 5.88 Å². The number of rotatable bonds is 10. The summed E-state index contributed by atoms with van der Waals surface area (Å²) in [6.45, 7) is 0.963. The van der Waals surface area contributed by atoms with Gasteiger partial charge in [0.05, 0.1) is 28.9 Å². The summed E-state index contributed by atoms with van der Waals surface area (Å²) in [4.78, 5) is 20.4. The van der Waals surface area contributed by atoms with Crippen LogP contribution in [0, 0.1) is 11.6 Å². The molecule has 3 aromatic carbocycles. The predicted molar refractivity (Wildman–Crippen MR) is 149 cm³/mol. The van der Waals surface area contributed by atoms with Crippen molar-refractivity contribution in [1.29, 1.82) is 0 Å². The molecule has 10 heteroatoms. The second kappa shape index (κ2) is 11.9. The van der Waals surface area contributed by atoms with E-state index in [4.69, 9.17) is 9.47 Å².